The summed E-state index contributed by atoms with van der Waals surface area (Å²) < 4.78 is 111. The first-order valence-electron chi connectivity index (χ1n) is 8.38. The summed E-state index contributed by atoms with van der Waals surface area (Å²) in [6, 6.07) is 2.70. The van der Waals surface area contributed by atoms with E-state index in [2.05, 4.69) is 19.9 Å². The lowest BCUT2D eigenvalue weighted by Crippen LogP contribution is -2.30. The van der Waals surface area contributed by atoms with Crippen molar-refractivity contribution >= 4 is 31.4 Å². The number of hydrogen-bond donors (Lipinski definition) is 0. The summed E-state index contributed by atoms with van der Waals surface area (Å²) in [5.74, 6) is 0. The first-order valence-corrected chi connectivity index (χ1v) is 12.1. The van der Waals surface area contributed by atoms with E-state index in [0.717, 1.165) is 10.5 Å². The summed E-state index contributed by atoms with van der Waals surface area (Å²) in [6.45, 7) is 4.42. The fraction of sp³-hybridized carbons (Fsp3) is 0.667. The van der Waals surface area contributed by atoms with E-state index in [1.165, 1.54) is 42.7 Å². The van der Waals surface area contributed by atoms with Crippen LogP contribution in [0.15, 0.2) is 5.51 Å². The van der Waals surface area contributed by atoms with E-state index >= 15 is 0 Å². The lowest BCUT2D eigenvalue weighted by molar-refractivity contribution is -0.586. The number of unbranched alkanes of at least 4 members (excludes halogenated alkanes) is 3. The maximum absolute atomic E-state index is 11.4. The summed E-state index contributed by atoms with van der Waals surface area (Å²) >= 11 is 1.80. The van der Waals surface area contributed by atoms with Gasteiger partial charge in [-0.3, -0.25) is 0 Å². The van der Waals surface area contributed by atoms with Gasteiger partial charge in [0.25, 0.3) is 0 Å². The third-order valence-corrected chi connectivity index (χ3v) is 7.21. The van der Waals surface area contributed by atoms with Gasteiger partial charge in [-0.15, -0.1) is 4.57 Å². The second-order valence-electron chi connectivity index (χ2n) is 5.67. The van der Waals surface area contributed by atoms with Gasteiger partial charge in [0.15, 0.2) is 20.0 Å². The molecular formula is C15H20F6N2O4S3. The predicted octanol–water partition coefficient (Wildman–Crippen LogP) is 4.22. The van der Waals surface area contributed by atoms with Crippen molar-refractivity contribution in [2.75, 3.05) is 0 Å². The molecular weight excluding hydrogens is 482 g/mol. The number of sulfonamides is 2. The monoisotopic (exact) mass is 502 g/mol. The van der Waals surface area contributed by atoms with Crippen LogP contribution in [0.1, 0.15) is 50.1 Å². The van der Waals surface area contributed by atoms with Crippen LogP contribution in [0.4, 0.5) is 26.3 Å². The van der Waals surface area contributed by atoms with Gasteiger partial charge in [0.1, 0.15) is 0 Å². The third-order valence-electron chi connectivity index (χ3n) is 3.43. The van der Waals surface area contributed by atoms with Crippen molar-refractivity contribution < 1.29 is 47.7 Å². The molecule has 30 heavy (non-hydrogen) atoms. The van der Waals surface area contributed by atoms with Crippen molar-refractivity contribution in [3.8, 4) is 12.5 Å². The molecule has 6 nitrogen and oxygen atoms in total. The fourth-order valence-corrected chi connectivity index (χ4v) is 4.76. The molecule has 0 N–H and O–H groups in total. The molecule has 0 radical (unpaired) electrons. The second-order valence-corrected chi connectivity index (χ2v) is 10.0. The molecule has 0 unspecified atom stereocenters. The lowest BCUT2D eigenvalue weighted by atomic mass is 10.1. The molecule has 0 aromatic carbocycles. The summed E-state index contributed by atoms with van der Waals surface area (Å²) in [4.78, 5) is 1.48. The minimum absolute atomic E-state index is 0.778. The van der Waals surface area contributed by atoms with Gasteiger partial charge in [-0.2, -0.15) is 26.3 Å². The molecule has 0 atom stereocenters. The Morgan fingerprint density at radius 2 is 1.50 bits per heavy atom. The molecule has 0 spiro atoms. The number of rotatable bonds is 8. The Morgan fingerprint density at radius 3 is 1.87 bits per heavy atom. The Balaban J connectivity index is 0.000000561. The van der Waals surface area contributed by atoms with E-state index in [9.17, 15) is 43.2 Å². The third kappa shape index (κ3) is 8.40. The normalized spacial score (nSPS) is 12.8. The number of hydrogen-bond acceptors (Lipinski definition) is 5. The molecule has 0 saturated carbocycles. The summed E-state index contributed by atoms with van der Waals surface area (Å²) in [6.07, 6.45) is 13.0. The average Bonchev–Trinajstić information content (AvgIpc) is 2.98. The SMILES string of the molecule is C#C[n+]1csc(CCCCCC)c1CC.O=S(=O)([N-]S(=O)(=O)C(F)(F)F)C(F)(F)F. The molecule has 0 fully saturated rings. The van der Waals surface area contributed by atoms with Crippen LogP contribution in [-0.4, -0.2) is 27.9 Å². The van der Waals surface area contributed by atoms with Crippen LogP contribution in [0.3, 0.4) is 0 Å². The van der Waals surface area contributed by atoms with Gasteiger partial charge in [0.2, 0.25) is 17.2 Å². The summed E-state index contributed by atoms with van der Waals surface area (Å²) in [5, 5.41) is 0. The van der Waals surface area contributed by atoms with E-state index in [1.54, 1.807) is 11.3 Å². The highest BCUT2D eigenvalue weighted by atomic mass is 32.3. The quantitative estimate of drug-likeness (QED) is 0.231. The Morgan fingerprint density at radius 1 is 1.00 bits per heavy atom. The van der Waals surface area contributed by atoms with Gasteiger partial charge in [-0.25, -0.2) is 16.8 Å². The van der Waals surface area contributed by atoms with Crippen molar-refractivity contribution in [2.45, 2.75) is 63.4 Å². The first-order chi connectivity index (χ1) is 13.5. The Labute approximate surface area is 175 Å². The average molecular weight is 503 g/mol. The molecule has 0 amide bonds. The highest BCUT2D eigenvalue weighted by Crippen LogP contribution is 2.36. The predicted molar refractivity (Wildman–Crippen MR) is 99.3 cm³/mol. The number of terminal acetylenes is 1. The zero-order chi connectivity index (χ0) is 23.8. The first kappa shape index (κ1) is 28.6. The molecule has 0 saturated heterocycles. The molecule has 174 valence electrons. The number of thiazole rings is 1. The molecule has 15 heteroatoms. The number of halogens is 6. The van der Waals surface area contributed by atoms with Crippen LogP contribution < -0.4 is 4.57 Å². The summed E-state index contributed by atoms with van der Waals surface area (Å²) in [5.41, 5.74) is -9.02. The Hall–Kier alpha value is -1.37. The zero-order valence-corrected chi connectivity index (χ0v) is 18.4. The molecule has 1 aromatic rings. The Kier molecular flexibility index (Phi) is 10.8. The topological polar surface area (TPSA) is 86.3 Å². The van der Waals surface area contributed by atoms with E-state index in [1.807, 2.05) is 10.1 Å². The van der Waals surface area contributed by atoms with Crippen molar-refractivity contribution in [3.05, 3.63) is 20.2 Å². The minimum Gasteiger partial charge on any atom is -0.421 e. The standard InChI is InChI=1S/C13H20NS.C2F6NO4S2/c1-4-7-8-9-10-13-12(5-2)14(6-3)11-15-13;3-1(4,5)14(10,11)9-15(12,13)2(6,7)8/h3,11H,4-5,7-10H2,1-2H3;/q+1;-1. The van der Waals surface area contributed by atoms with Crippen LogP contribution in [0, 0.1) is 12.5 Å². The van der Waals surface area contributed by atoms with Gasteiger partial charge >= 0.3 is 11.0 Å². The lowest BCUT2D eigenvalue weighted by Gasteiger charge is -2.22. The number of aromatic nitrogens is 1. The maximum Gasteiger partial charge on any atom is 0.480 e. The molecule has 0 aliphatic heterocycles. The van der Waals surface area contributed by atoms with Crippen molar-refractivity contribution in [1.82, 2.24) is 0 Å². The van der Waals surface area contributed by atoms with Crippen LogP contribution in [0.25, 0.3) is 4.13 Å². The Bertz CT molecular complexity index is 887. The van der Waals surface area contributed by atoms with Crippen molar-refractivity contribution in [1.29, 1.82) is 0 Å². The zero-order valence-electron chi connectivity index (χ0n) is 15.9. The molecule has 1 rings (SSSR count). The van der Waals surface area contributed by atoms with E-state index < -0.39 is 31.1 Å². The highest BCUT2D eigenvalue weighted by Gasteiger charge is 2.46. The summed E-state index contributed by atoms with van der Waals surface area (Å²) in [7, 11) is -13.4. The number of alkyl halides is 6. The highest BCUT2D eigenvalue weighted by molar-refractivity contribution is 8.13. The molecule has 0 bridgehead atoms. The van der Waals surface area contributed by atoms with Gasteiger partial charge in [0.05, 0.1) is 4.88 Å². The van der Waals surface area contributed by atoms with Crippen molar-refractivity contribution in [2.24, 2.45) is 0 Å². The van der Waals surface area contributed by atoms with E-state index in [0.29, 0.717) is 0 Å². The van der Waals surface area contributed by atoms with E-state index in [4.69, 9.17) is 6.42 Å². The van der Waals surface area contributed by atoms with Gasteiger partial charge in [0, 0.05) is 6.42 Å². The molecule has 1 aromatic heterocycles. The van der Waals surface area contributed by atoms with E-state index in [-0.39, 0.29) is 0 Å². The molecule has 1 heterocycles. The second kappa shape index (κ2) is 11.3. The maximum atomic E-state index is 11.4. The number of nitrogens with zero attached hydrogens (tertiary/aromatic N) is 2. The van der Waals surface area contributed by atoms with Crippen molar-refractivity contribution in [3.63, 3.8) is 0 Å². The number of aryl methyl sites for hydroxylation is 1. The smallest absolute Gasteiger partial charge is 0.421 e. The molecule has 0 aliphatic carbocycles. The fourth-order valence-electron chi connectivity index (χ4n) is 1.99. The van der Waals surface area contributed by atoms with Crippen LogP contribution >= 0.6 is 11.3 Å². The van der Waals surface area contributed by atoms with Gasteiger partial charge in [-0.1, -0.05) is 44.4 Å². The van der Waals surface area contributed by atoms with Gasteiger partial charge in [-0.05, 0) is 19.3 Å². The van der Waals surface area contributed by atoms with Crippen LogP contribution in [-0.2, 0) is 32.9 Å². The van der Waals surface area contributed by atoms with Gasteiger partial charge < -0.3 is 4.13 Å². The van der Waals surface area contributed by atoms with Crippen LogP contribution in [0.5, 0.6) is 0 Å². The van der Waals surface area contributed by atoms with Crippen LogP contribution in [0.2, 0.25) is 0 Å². The largest absolute Gasteiger partial charge is 0.480 e. The molecule has 0 aliphatic rings. The minimum atomic E-state index is -6.72.